The molecule has 1 saturated carbocycles. The van der Waals surface area contributed by atoms with Crippen molar-refractivity contribution in [3.8, 4) is 0 Å². The standard InChI is InChI=1S/C9H14O3/c1-3-6-12-9(2,8(10)11)7-4-5-7/h3,7H,1,4-6H2,2H3,(H,10,11). The second-order valence-corrected chi connectivity index (χ2v) is 3.29. The first kappa shape index (κ1) is 9.26. The minimum atomic E-state index is -0.992. The molecule has 1 N–H and O–H groups in total. The highest BCUT2D eigenvalue weighted by Crippen LogP contribution is 2.41. The Bertz CT molecular complexity index is 196. The zero-order chi connectivity index (χ0) is 9.19. The fraction of sp³-hybridized carbons (Fsp3) is 0.667. The van der Waals surface area contributed by atoms with Gasteiger partial charge in [0.2, 0.25) is 0 Å². The Morgan fingerprint density at radius 2 is 2.42 bits per heavy atom. The molecule has 0 amide bonds. The molecule has 1 aliphatic carbocycles. The van der Waals surface area contributed by atoms with Crippen LogP contribution >= 0.6 is 0 Å². The van der Waals surface area contributed by atoms with Crippen molar-refractivity contribution >= 4 is 5.97 Å². The third kappa shape index (κ3) is 1.67. The smallest absolute Gasteiger partial charge is 0.335 e. The van der Waals surface area contributed by atoms with Gasteiger partial charge in [0, 0.05) is 0 Å². The molecule has 1 aliphatic rings. The predicted molar refractivity (Wildman–Crippen MR) is 44.9 cm³/mol. The highest BCUT2D eigenvalue weighted by Gasteiger charge is 2.48. The molecule has 1 fully saturated rings. The number of hydrogen-bond acceptors (Lipinski definition) is 2. The Labute approximate surface area is 72.0 Å². The number of ether oxygens (including phenoxy) is 1. The van der Waals surface area contributed by atoms with Crippen LogP contribution in [0.15, 0.2) is 12.7 Å². The Kier molecular flexibility index (Phi) is 2.52. The van der Waals surface area contributed by atoms with Crippen LogP contribution < -0.4 is 0 Å². The van der Waals surface area contributed by atoms with Crippen LogP contribution in [0.1, 0.15) is 19.8 Å². The second-order valence-electron chi connectivity index (χ2n) is 3.29. The van der Waals surface area contributed by atoms with E-state index in [-0.39, 0.29) is 5.92 Å². The Morgan fingerprint density at radius 1 is 1.83 bits per heavy atom. The highest BCUT2D eigenvalue weighted by atomic mass is 16.5. The van der Waals surface area contributed by atoms with Gasteiger partial charge in [-0.25, -0.2) is 4.79 Å². The lowest BCUT2D eigenvalue weighted by molar-refractivity contribution is -0.165. The first-order valence-corrected chi connectivity index (χ1v) is 4.09. The van der Waals surface area contributed by atoms with Gasteiger partial charge in [-0.05, 0) is 25.7 Å². The molecule has 68 valence electrons. The van der Waals surface area contributed by atoms with Gasteiger partial charge in [-0.2, -0.15) is 0 Å². The van der Waals surface area contributed by atoms with Crippen LogP contribution in [-0.4, -0.2) is 23.3 Å². The molecule has 0 radical (unpaired) electrons. The lowest BCUT2D eigenvalue weighted by Gasteiger charge is -2.24. The molecule has 12 heavy (non-hydrogen) atoms. The number of aliphatic carboxylic acids is 1. The van der Waals surface area contributed by atoms with Crippen LogP contribution in [0, 0.1) is 5.92 Å². The molecule has 0 aromatic carbocycles. The summed E-state index contributed by atoms with van der Waals surface area (Å²) < 4.78 is 5.25. The summed E-state index contributed by atoms with van der Waals surface area (Å²) in [6.07, 6.45) is 3.49. The van der Waals surface area contributed by atoms with Crippen molar-refractivity contribution in [2.24, 2.45) is 5.92 Å². The molecule has 0 heterocycles. The van der Waals surface area contributed by atoms with Crippen LogP contribution in [-0.2, 0) is 9.53 Å². The number of carbonyl (C=O) groups is 1. The molecular formula is C9H14O3. The molecule has 1 unspecified atom stereocenters. The molecule has 1 rings (SSSR count). The maximum absolute atomic E-state index is 10.8. The highest BCUT2D eigenvalue weighted by molar-refractivity contribution is 5.77. The maximum Gasteiger partial charge on any atom is 0.335 e. The van der Waals surface area contributed by atoms with Gasteiger partial charge in [0.25, 0.3) is 0 Å². The van der Waals surface area contributed by atoms with Crippen LogP contribution in [0.2, 0.25) is 0 Å². The zero-order valence-electron chi connectivity index (χ0n) is 7.25. The molecule has 0 saturated heterocycles. The molecule has 3 heteroatoms. The van der Waals surface area contributed by atoms with Crippen LogP contribution in [0.3, 0.4) is 0 Å². The van der Waals surface area contributed by atoms with Gasteiger partial charge in [0.1, 0.15) is 0 Å². The summed E-state index contributed by atoms with van der Waals surface area (Å²) in [5.41, 5.74) is -0.992. The van der Waals surface area contributed by atoms with E-state index in [9.17, 15) is 4.79 Å². The fourth-order valence-electron chi connectivity index (χ4n) is 1.22. The SMILES string of the molecule is C=CCOC(C)(C(=O)O)C1CC1. The summed E-state index contributed by atoms with van der Waals surface area (Å²) in [4.78, 5) is 10.8. The lowest BCUT2D eigenvalue weighted by atomic mass is 10.0. The van der Waals surface area contributed by atoms with Gasteiger partial charge in [-0.1, -0.05) is 6.08 Å². The van der Waals surface area contributed by atoms with Gasteiger partial charge in [0.05, 0.1) is 6.61 Å². The molecule has 0 bridgehead atoms. The van der Waals surface area contributed by atoms with Crippen molar-refractivity contribution in [1.82, 2.24) is 0 Å². The van der Waals surface area contributed by atoms with Crippen molar-refractivity contribution in [1.29, 1.82) is 0 Å². The zero-order valence-corrected chi connectivity index (χ0v) is 7.25. The number of carboxylic acid groups (broad SMARTS) is 1. The first-order valence-electron chi connectivity index (χ1n) is 4.09. The lowest BCUT2D eigenvalue weighted by Crippen LogP contribution is -2.40. The topological polar surface area (TPSA) is 46.5 Å². The van der Waals surface area contributed by atoms with Crippen molar-refractivity contribution in [2.45, 2.75) is 25.4 Å². The number of hydrogen-bond donors (Lipinski definition) is 1. The van der Waals surface area contributed by atoms with E-state index in [4.69, 9.17) is 9.84 Å². The fourth-order valence-corrected chi connectivity index (χ4v) is 1.22. The first-order chi connectivity index (χ1) is 5.61. The Morgan fingerprint density at radius 3 is 2.75 bits per heavy atom. The summed E-state index contributed by atoms with van der Waals surface area (Å²) in [6.45, 7) is 5.43. The minimum absolute atomic E-state index is 0.190. The van der Waals surface area contributed by atoms with E-state index in [0.717, 1.165) is 12.8 Å². The average Bonchev–Trinajstić information content (AvgIpc) is 2.82. The molecule has 3 nitrogen and oxygen atoms in total. The summed E-state index contributed by atoms with van der Waals surface area (Å²) in [5, 5.41) is 8.91. The van der Waals surface area contributed by atoms with Crippen molar-refractivity contribution in [3.05, 3.63) is 12.7 Å². The molecule has 0 spiro atoms. The predicted octanol–water partition coefficient (Wildman–Crippen LogP) is 1.44. The van der Waals surface area contributed by atoms with E-state index >= 15 is 0 Å². The normalized spacial score (nSPS) is 21.4. The number of rotatable bonds is 5. The van der Waals surface area contributed by atoms with Gasteiger partial charge in [-0.3, -0.25) is 0 Å². The van der Waals surface area contributed by atoms with E-state index < -0.39 is 11.6 Å². The van der Waals surface area contributed by atoms with E-state index in [0.29, 0.717) is 6.61 Å². The largest absolute Gasteiger partial charge is 0.479 e. The summed E-state index contributed by atoms with van der Waals surface area (Å²) in [6, 6.07) is 0. The van der Waals surface area contributed by atoms with Crippen molar-refractivity contribution in [2.75, 3.05) is 6.61 Å². The quantitative estimate of drug-likeness (QED) is 0.635. The summed E-state index contributed by atoms with van der Waals surface area (Å²) >= 11 is 0. The van der Waals surface area contributed by atoms with Crippen LogP contribution in [0.25, 0.3) is 0 Å². The third-order valence-corrected chi connectivity index (χ3v) is 2.28. The summed E-state index contributed by atoms with van der Waals surface area (Å²) in [7, 11) is 0. The van der Waals surface area contributed by atoms with Crippen LogP contribution in [0.4, 0.5) is 0 Å². The molecular weight excluding hydrogens is 156 g/mol. The van der Waals surface area contributed by atoms with Crippen molar-refractivity contribution < 1.29 is 14.6 Å². The van der Waals surface area contributed by atoms with Gasteiger partial charge in [0.15, 0.2) is 5.60 Å². The van der Waals surface area contributed by atoms with Crippen molar-refractivity contribution in [3.63, 3.8) is 0 Å². The van der Waals surface area contributed by atoms with E-state index in [1.54, 1.807) is 13.0 Å². The molecule has 0 aromatic rings. The Hall–Kier alpha value is -0.830. The third-order valence-electron chi connectivity index (χ3n) is 2.28. The number of carboxylic acids is 1. The maximum atomic E-state index is 10.8. The summed E-state index contributed by atoms with van der Waals surface area (Å²) in [5.74, 6) is -0.679. The second kappa shape index (κ2) is 3.27. The Balaban J connectivity index is 2.57. The van der Waals surface area contributed by atoms with Gasteiger partial charge in [-0.15, -0.1) is 6.58 Å². The van der Waals surface area contributed by atoms with E-state index in [1.807, 2.05) is 0 Å². The van der Waals surface area contributed by atoms with Gasteiger partial charge >= 0.3 is 5.97 Å². The van der Waals surface area contributed by atoms with Gasteiger partial charge < -0.3 is 9.84 Å². The minimum Gasteiger partial charge on any atom is -0.479 e. The molecule has 0 aromatic heterocycles. The average molecular weight is 170 g/mol. The molecule has 0 aliphatic heterocycles. The monoisotopic (exact) mass is 170 g/mol. The molecule has 1 atom stereocenters. The van der Waals surface area contributed by atoms with Crippen LogP contribution in [0.5, 0.6) is 0 Å². The van der Waals surface area contributed by atoms with E-state index in [2.05, 4.69) is 6.58 Å². The van der Waals surface area contributed by atoms with E-state index in [1.165, 1.54) is 0 Å².